The van der Waals surface area contributed by atoms with Gasteiger partial charge in [0.15, 0.2) is 0 Å². The fourth-order valence-electron chi connectivity index (χ4n) is 6.81. The number of benzene rings is 3. The van der Waals surface area contributed by atoms with Gasteiger partial charge in [-0.05, 0) is 67.6 Å². The number of amides is 4. The molecule has 0 unspecified atom stereocenters. The summed E-state index contributed by atoms with van der Waals surface area (Å²) in [5, 5.41) is 0.778. The van der Waals surface area contributed by atoms with E-state index in [0.29, 0.717) is 45.3 Å². The molecule has 0 N–H and O–H groups in total. The first-order valence-electron chi connectivity index (χ1n) is 15.6. The van der Waals surface area contributed by atoms with Crippen LogP contribution in [0.2, 0.25) is 0 Å². The molecule has 0 aromatic heterocycles. The van der Waals surface area contributed by atoms with Crippen LogP contribution in [-0.4, -0.2) is 35.1 Å². The quantitative estimate of drug-likeness (QED) is 0.101. The Hall–Kier alpha value is -4.58. The molecule has 0 saturated carbocycles. The van der Waals surface area contributed by atoms with Gasteiger partial charge in [-0.15, -0.1) is 19.7 Å². The lowest BCUT2D eigenvalue weighted by atomic mass is 9.72. The molecule has 5 rings (SSSR count). The molecule has 0 saturated heterocycles. The van der Waals surface area contributed by atoms with Gasteiger partial charge in [0.05, 0.1) is 5.69 Å². The molecule has 44 heavy (non-hydrogen) atoms. The van der Waals surface area contributed by atoms with Crippen molar-refractivity contribution in [1.82, 2.24) is 4.90 Å². The maximum atomic E-state index is 13.9. The molecule has 4 amide bonds. The Morgan fingerprint density at radius 3 is 1.48 bits per heavy atom. The van der Waals surface area contributed by atoms with Gasteiger partial charge in [-0.3, -0.25) is 24.1 Å². The van der Waals surface area contributed by atoms with Gasteiger partial charge in [0.1, 0.15) is 0 Å². The molecule has 2 heterocycles. The van der Waals surface area contributed by atoms with Crippen LogP contribution in [0, 0.1) is 0 Å². The van der Waals surface area contributed by atoms with E-state index in [1.165, 1.54) is 16.2 Å². The first-order valence-corrected chi connectivity index (χ1v) is 15.6. The Kier molecular flexibility index (Phi) is 9.09. The highest BCUT2D eigenvalue weighted by Gasteiger charge is 2.40. The minimum Gasteiger partial charge on any atom is -0.274 e. The fraction of sp³-hybridized carbons (Fsp3) is 0.316. The van der Waals surface area contributed by atoms with E-state index in [9.17, 15) is 19.2 Å². The highest BCUT2D eigenvalue weighted by molar-refractivity contribution is 6.39. The number of hydrogen-bond donors (Lipinski definition) is 0. The fourth-order valence-corrected chi connectivity index (χ4v) is 6.81. The van der Waals surface area contributed by atoms with E-state index in [-0.39, 0.29) is 17.2 Å². The van der Waals surface area contributed by atoms with Crippen molar-refractivity contribution in [3.8, 4) is 0 Å². The zero-order valence-electron chi connectivity index (χ0n) is 25.6. The van der Waals surface area contributed by atoms with Crippen molar-refractivity contribution in [2.45, 2.75) is 70.1 Å². The van der Waals surface area contributed by atoms with E-state index in [0.717, 1.165) is 56.9 Å². The molecule has 0 aliphatic carbocycles. The van der Waals surface area contributed by atoms with Crippen molar-refractivity contribution in [3.63, 3.8) is 0 Å². The summed E-state index contributed by atoms with van der Waals surface area (Å²) >= 11 is 0. The lowest BCUT2D eigenvalue weighted by molar-refractivity contribution is 0.0606. The Labute approximate surface area is 259 Å². The van der Waals surface area contributed by atoms with Crippen LogP contribution in [0.25, 0.3) is 10.8 Å². The largest absolute Gasteiger partial charge is 0.274 e. The number of allylic oxidation sites excluding steroid dienone is 3. The molecule has 2 aliphatic rings. The van der Waals surface area contributed by atoms with Gasteiger partial charge in [-0.25, -0.2) is 4.90 Å². The van der Waals surface area contributed by atoms with Gasteiger partial charge in [0.25, 0.3) is 23.6 Å². The van der Waals surface area contributed by atoms with Crippen LogP contribution in [0.1, 0.15) is 112 Å². The van der Waals surface area contributed by atoms with E-state index in [1.807, 2.05) is 30.4 Å². The second-order valence-corrected chi connectivity index (χ2v) is 11.9. The van der Waals surface area contributed by atoms with Gasteiger partial charge < -0.3 is 0 Å². The van der Waals surface area contributed by atoms with Crippen LogP contribution < -0.4 is 4.90 Å². The topological polar surface area (TPSA) is 74.8 Å². The summed E-state index contributed by atoms with van der Waals surface area (Å²) in [5.74, 6) is -1.72. The average molecular weight is 589 g/mol. The molecule has 6 nitrogen and oxygen atoms in total. The number of unbranched alkanes of at least 4 members (excludes halogenated alkanes) is 5. The number of carbonyl (C=O) groups excluding carboxylic acids is 4. The van der Waals surface area contributed by atoms with E-state index in [4.69, 9.17) is 0 Å². The predicted octanol–water partition coefficient (Wildman–Crippen LogP) is 8.56. The molecule has 6 heteroatoms. The summed E-state index contributed by atoms with van der Waals surface area (Å²) in [5.41, 5.74) is 2.53. The Bertz CT molecular complexity index is 1570. The molecule has 3 aromatic rings. The Morgan fingerprint density at radius 1 is 0.591 bits per heavy atom. The molecule has 3 aromatic carbocycles. The highest BCUT2D eigenvalue weighted by atomic mass is 16.2. The van der Waals surface area contributed by atoms with E-state index < -0.39 is 11.8 Å². The molecule has 0 atom stereocenters. The first-order chi connectivity index (χ1) is 21.3. The van der Waals surface area contributed by atoms with E-state index >= 15 is 0 Å². The summed E-state index contributed by atoms with van der Waals surface area (Å²) in [6.45, 7) is 14.3. The zero-order chi connectivity index (χ0) is 31.4. The van der Waals surface area contributed by atoms with E-state index in [2.05, 4.69) is 26.7 Å². The second kappa shape index (κ2) is 13.0. The van der Waals surface area contributed by atoms with Crippen LogP contribution in [0.4, 0.5) is 5.69 Å². The third kappa shape index (κ3) is 5.23. The highest BCUT2D eigenvalue weighted by Crippen LogP contribution is 2.41. The molecular formula is C38H40N2O4. The summed E-state index contributed by atoms with van der Waals surface area (Å²) in [6, 6.07) is 13.9. The van der Waals surface area contributed by atoms with Crippen LogP contribution in [0.3, 0.4) is 0 Å². The average Bonchev–Trinajstić information content (AvgIpc) is 3.02. The van der Waals surface area contributed by atoms with Crippen LogP contribution in [0.5, 0.6) is 0 Å². The monoisotopic (exact) mass is 588 g/mol. The van der Waals surface area contributed by atoms with Gasteiger partial charge in [0.2, 0.25) is 0 Å². The molecule has 2 aliphatic heterocycles. The smallest absolute Gasteiger partial charge is 0.265 e. The first kappa shape index (κ1) is 30.9. The van der Waals surface area contributed by atoms with Gasteiger partial charge >= 0.3 is 0 Å². The second-order valence-electron chi connectivity index (χ2n) is 11.9. The number of imide groups is 2. The summed E-state index contributed by atoms with van der Waals surface area (Å²) in [7, 11) is 0. The summed E-state index contributed by atoms with van der Waals surface area (Å²) < 4.78 is 0. The SMILES string of the molecule is C=CCC(CC=C)(CC=C)c1ccc(N2C(=O)c3ccc4c5c(ccc(c35)C2=O)C(=O)N(CCCCCCCC)C4=O)cc1. The van der Waals surface area contributed by atoms with Crippen molar-refractivity contribution in [2.24, 2.45) is 0 Å². The van der Waals surface area contributed by atoms with E-state index in [1.54, 1.807) is 36.4 Å². The number of anilines is 1. The van der Waals surface area contributed by atoms with Crippen molar-refractivity contribution >= 4 is 40.1 Å². The van der Waals surface area contributed by atoms with Gasteiger partial charge in [-0.2, -0.15) is 0 Å². The Morgan fingerprint density at radius 2 is 1.02 bits per heavy atom. The Balaban J connectivity index is 1.47. The standard InChI is InChI=1S/C38H40N2O4/c1-5-9-10-11-12-13-25-39-34(41)28-18-20-30-33-31(21-19-29(32(28)33)35(39)42)37(44)40(36(30)43)27-16-14-26(15-17-27)38(22-6-2,23-7-3)24-8-4/h6-8,14-21H,2-5,9-13,22-25H2,1H3. The lowest BCUT2D eigenvalue weighted by Crippen LogP contribution is -2.43. The lowest BCUT2D eigenvalue weighted by Gasteiger charge is -2.33. The third-order valence-corrected chi connectivity index (χ3v) is 9.06. The van der Waals surface area contributed by atoms with Crippen molar-refractivity contribution in [3.05, 3.63) is 114 Å². The predicted molar refractivity (Wildman–Crippen MR) is 176 cm³/mol. The zero-order valence-corrected chi connectivity index (χ0v) is 25.6. The van der Waals surface area contributed by atoms with Crippen molar-refractivity contribution < 1.29 is 19.2 Å². The normalized spacial score (nSPS) is 14.4. The molecule has 0 spiro atoms. The third-order valence-electron chi connectivity index (χ3n) is 9.06. The molecule has 0 fully saturated rings. The molecule has 226 valence electrons. The van der Waals surface area contributed by atoms with Gasteiger partial charge in [0, 0.05) is 45.0 Å². The summed E-state index contributed by atoms with van der Waals surface area (Å²) in [6.07, 6.45) is 14.1. The molecular weight excluding hydrogens is 548 g/mol. The maximum absolute atomic E-state index is 13.9. The number of carbonyl (C=O) groups is 4. The van der Waals surface area contributed by atoms with Gasteiger partial charge in [-0.1, -0.05) is 69.4 Å². The number of nitrogens with zero attached hydrogens (tertiary/aromatic N) is 2. The van der Waals surface area contributed by atoms with Crippen LogP contribution in [0.15, 0.2) is 86.5 Å². The van der Waals surface area contributed by atoms with Crippen molar-refractivity contribution in [1.29, 1.82) is 0 Å². The number of hydrogen-bond acceptors (Lipinski definition) is 4. The van der Waals surface area contributed by atoms with Crippen molar-refractivity contribution in [2.75, 3.05) is 11.4 Å². The maximum Gasteiger partial charge on any atom is 0.265 e. The minimum absolute atomic E-state index is 0.263. The molecule has 0 bridgehead atoms. The molecule has 0 radical (unpaired) electrons. The van der Waals surface area contributed by atoms with Crippen LogP contribution >= 0.6 is 0 Å². The number of rotatable bonds is 15. The van der Waals surface area contributed by atoms with Crippen LogP contribution in [-0.2, 0) is 5.41 Å². The minimum atomic E-state index is -0.483. The summed E-state index contributed by atoms with van der Waals surface area (Å²) in [4.78, 5) is 57.3.